The van der Waals surface area contributed by atoms with Gasteiger partial charge in [-0.25, -0.2) is 0 Å². The summed E-state index contributed by atoms with van der Waals surface area (Å²) in [5.41, 5.74) is 1.45. The molecule has 0 amide bonds. The lowest BCUT2D eigenvalue weighted by atomic mass is 9.71. The third-order valence-corrected chi connectivity index (χ3v) is 4.07. The van der Waals surface area contributed by atoms with E-state index in [1.54, 1.807) is 0 Å². The van der Waals surface area contributed by atoms with E-state index in [0.29, 0.717) is 0 Å². The molecule has 16 heavy (non-hydrogen) atoms. The molecule has 1 N–H and O–H groups in total. The SMILES string of the molecule is c1cc(CC2CCC2CNC2CC2)ccn1. The van der Waals surface area contributed by atoms with Gasteiger partial charge in [0, 0.05) is 18.4 Å². The van der Waals surface area contributed by atoms with Crippen LogP contribution in [0.1, 0.15) is 31.2 Å². The minimum atomic E-state index is 0.863. The van der Waals surface area contributed by atoms with Gasteiger partial charge in [0.05, 0.1) is 0 Å². The van der Waals surface area contributed by atoms with Gasteiger partial charge in [0.25, 0.3) is 0 Å². The van der Waals surface area contributed by atoms with Crippen molar-refractivity contribution in [3.8, 4) is 0 Å². The molecule has 0 aromatic carbocycles. The van der Waals surface area contributed by atoms with Crippen LogP contribution in [0.25, 0.3) is 0 Å². The first-order chi connectivity index (χ1) is 7.92. The molecule has 1 heterocycles. The summed E-state index contributed by atoms with van der Waals surface area (Å²) in [5, 5.41) is 3.66. The predicted octanol–water partition coefficient (Wildman–Crippen LogP) is 2.40. The Bertz CT molecular complexity index is 332. The topological polar surface area (TPSA) is 24.9 Å². The average Bonchev–Trinajstić information content (AvgIpc) is 3.10. The lowest BCUT2D eigenvalue weighted by molar-refractivity contribution is 0.170. The molecule has 0 spiro atoms. The molecule has 86 valence electrons. The van der Waals surface area contributed by atoms with Crippen molar-refractivity contribution in [1.82, 2.24) is 10.3 Å². The molecule has 3 rings (SSSR count). The van der Waals surface area contributed by atoms with Gasteiger partial charge < -0.3 is 5.32 Å². The van der Waals surface area contributed by atoms with E-state index in [-0.39, 0.29) is 0 Å². The Morgan fingerprint density at radius 1 is 1.06 bits per heavy atom. The number of nitrogens with zero attached hydrogens (tertiary/aromatic N) is 1. The molecule has 0 radical (unpaired) electrons. The maximum atomic E-state index is 4.07. The monoisotopic (exact) mass is 216 g/mol. The molecule has 2 unspecified atom stereocenters. The summed E-state index contributed by atoms with van der Waals surface area (Å²) >= 11 is 0. The maximum Gasteiger partial charge on any atom is 0.0270 e. The Morgan fingerprint density at radius 3 is 2.44 bits per heavy atom. The fourth-order valence-corrected chi connectivity index (χ4v) is 2.60. The highest BCUT2D eigenvalue weighted by Crippen LogP contribution is 2.36. The van der Waals surface area contributed by atoms with Crippen LogP contribution in [0.15, 0.2) is 24.5 Å². The van der Waals surface area contributed by atoms with E-state index in [2.05, 4.69) is 22.4 Å². The molecule has 1 aromatic rings. The number of aromatic nitrogens is 1. The number of hydrogen-bond acceptors (Lipinski definition) is 2. The van der Waals surface area contributed by atoms with Crippen molar-refractivity contribution in [2.45, 2.75) is 38.1 Å². The van der Waals surface area contributed by atoms with Gasteiger partial charge in [0.1, 0.15) is 0 Å². The van der Waals surface area contributed by atoms with E-state index in [4.69, 9.17) is 0 Å². The van der Waals surface area contributed by atoms with Crippen molar-refractivity contribution in [2.75, 3.05) is 6.54 Å². The highest BCUT2D eigenvalue weighted by Gasteiger charge is 2.32. The van der Waals surface area contributed by atoms with Gasteiger partial charge >= 0.3 is 0 Å². The molecule has 2 nitrogen and oxygen atoms in total. The summed E-state index contributed by atoms with van der Waals surface area (Å²) in [5.74, 6) is 1.84. The van der Waals surface area contributed by atoms with Gasteiger partial charge in [-0.05, 0) is 68.2 Å². The van der Waals surface area contributed by atoms with Crippen molar-refractivity contribution in [1.29, 1.82) is 0 Å². The Morgan fingerprint density at radius 2 is 1.81 bits per heavy atom. The van der Waals surface area contributed by atoms with E-state index in [9.17, 15) is 0 Å². The predicted molar refractivity (Wildman–Crippen MR) is 65.2 cm³/mol. The van der Waals surface area contributed by atoms with Crippen molar-refractivity contribution < 1.29 is 0 Å². The number of nitrogens with one attached hydrogen (secondary N) is 1. The summed E-state index contributed by atoms with van der Waals surface area (Å²) in [6.07, 6.45) is 10.7. The molecule has 2 aliphatic rings. The third-order valence-electron chi connectivity index (χ3n) is 4.07. The van der Waals surface area contributed by atoms with Gasteiger partial charge in [0.15, 0.2) is 0 Å². The average molecular weight is 216 g/mol. The van der Waals surface area contributed by atoms with Crippen molar-refractivity contribution >= 4 is 0 Å². The standard InChI is InChI=1S/C14H20N2/c1-2-13(10-16-14-3-4-14)12(1)9-11-5-7-15-8-6-11/h5-8,12-14,16H,1-4,9-10H2. The smallest absolute Gasteiger partial charge is 0.0270 e. The molecule has 0 saturated heterocycles. The van der Waals surface area contributed by atoms with Crippen LogP contribution < -0.4 is 5.32 Å². The largest absolute Gasteiger partial charge is 0.314 e. The second-order valence-corrected chi connectivity index (χ2v) is 5.34. The Labute approximate surface area is 97.5 Å². The molecule has 2 aliphatic carbocycles. The normalized spacial score (nSPS) is 28.8. The van der Waals surface area contributed by atoms with Crippen molar-refractivity contribution in [2.24, 2.45) is 11.8 Å². The molecule has 2 heteroatoms. The first-order valence-corrected chi connectivity index (χ1v) is 6.54. The molecular formula is C14H20N2. The van der Waals surface area contributed by atoms with Gasteiger partial charge in [-0.15, -0.1) is 0 Å². The van der Waals surface area contributed by atoms with Crippen LogP contribution in [0, 0.1) is 11.8 Å². The summed E-state index contributed by atoms with van der Waals surface area (Å²) < 4.78 is 0. The summed E-state index contributed by atoms with van der Waals surface area (Å²) in [6, 6.07) is 5.18. The molecule has 0 aliphatic heterocycles. The molecule has 2 fully saturated rings. The highest BCUT2D eigenvalue weighted by molar-refractivity contribution is 5.11. The van der Waals surface area contributed by atoms with E-state index >= 15 is 0 Å². The summed E-state index contributed by atoms with van der Waals surface area (Å²) in [7, 11) is 0. The minimum Gasteiger partial charge on any atom is -0.314 e. The van der Waals surface area contributed by atoms with Gasteiger partial charge in [-0.3, -0.25) is 4.98 Å². The lowest BCUT2D eigenvalue weighted by Crippen LogP contribution is -2.37. The van der Waals surface area contributed by atoms with E-state index < -0.39 is 0 Å². The van der Waals surface area contributed by atoms with Crippen LogP contribution in [0.3, 0.4) is 0 Å². The fraction of sp³-hybridized carbons (Fsp3) is 0.643. The highest BCUT2D eigenvalue weighted by atomic mass is 14.9. The van der Waals surface area contributed by atoms with E-state index in [1.807, 2.05) is 12.4 Å². The quantitative estimate of drug-likeness (QED) is 0.817. The van der Waals surface area contributed by atoms with Crippen LogP contribution >= 0.6 is 0 Å². The molecule has 0 bridgehead atoms. The zero-order valence-electron chi connectivity index (χ0n) is 9.73. The third kappa shape index (κ3) is 2.43. The van der Waals surface area contributed by atoms with E-state index in [1.165, 1.54) is 44.2 Å². The first-order valence-electron chi connectivity index (χ1n) is 6.54. The number of pyridine rings is 1. The van der Waals surface area contributed by atoms with Gasteiger partial charge in [-0.2, -0.15) is 0 Å². The van der Waals surface area contributed by atoms with Gasteiger partial charge in [-0.1, -0.05) is 0 Å². The second kappa shape index (κ2) is 4.54. The van der Waals surface area contributed by atoms with Crippen molar-refractivity contribution in [3.05, 3.63) is 30.1 Å². The Balaban J connectivity index is 1.47. The van der Waals surface area contributed by atoms with Crippen molar-refractivity contribution in [3.63, 3.8) is 0 Å². The lowest BCUT2D eigenvalue weighted by Gasteiger charge is -2.37. The number of hydrogen-bond donors (Lipinski definition) is 1. The zero-order valence-corrected chi connectivity index (χ0v) is 9.73. The Kier molecular flexibility index (Phi) is 2.92. The number of rotatable bonds is 5. The Hall–Kier alpha value is -0.890. The van der Waals surface area contributed by atoms with Crippen LogP contribution in [0.4, 0.5) is 0 Å². The molecule has 2 atom stereocenters. The molecule has 1 aromatic heterocycles. The fourth-order valence-electron chi connectivity index (χ4n) is 2.60. The maximum absolute atomic E-state index is 4.07. The molecular weight excluding hydrogens is 196 g/mol. The minimum absolute atomic E-state index is 0.863. The van der Waals surface area contributed by atoms with Crippen LogP contribution in [0.5, 0.6) is 0 Å². The summed E-state index contributed by atoms with van der Waals surface area (Å²) in [4.78, 5) is 4.07. The van der Waals surface area contributed by atoms with Gasteiger partial charge in [0.2, 0.25) is 0 Å². The van der Waals surface area contributed by atoms with Crippen LogP contribution in [0.2, 0.25) is 0 Å². The van der Waals surface area contributed by atoms with Crippen LogP contribution in [-0.2, 0) is 6.42 Å². The molecule has 2 saturated carbocycles. The zero-order chi connectivity index (χ0) is 10.8. The summed E-state index contributed by atoms with van der Waals surface area (Å²) in [6.45, 7) is 1.25. The van der Waals surface area contributed by atoms with E-state index in [0.717, 1.165) is 17.9 Å². The second-order valence-electron chi connectivity index (χ2n) is 5.34. The first kappa shape index (κ1) is 10.3. The van der Waals surface area contributed by atoms with Crippen LogP contribution in [-0.4, -0.2) is 17.6 Å².